The maximum absolute atomic E-state index is 15.2. The standard InChI is InChI=1S/C64H76FN7O8S3Si2/c1-46-31-34-50(35-32-46)83(75,76)79-44-49(80-85(64(3,4)5,51-24-13-11-14-25-51)52-26-15-12-16-27-52)23-20-38-71(62-66-59(61(73)74)57(82-62)30-21-39-78-55-36-33-48(43-53(55)65)22-19-37-70(6)7)58-42-47(2)60(69-68-58)67-63-72(45-77-40-41-84(8,9)10)54-28-17-18-29-56(54)81-63/h11-18,24-29,31-36,42-43,49H,20-21,23,30,37-41,44-45H2,1-10H3,(H,73,74)/b67-63-. The van der Waals surface area contributed by atoms with Crippen LogP contribution in [0.2, 0.25) is 30.7 Å². The van der Waals surface area contributed by atoms with Crippen LogP contribution in [0.15, 0.2) is 143 Å². The molecule has 448 valence electrons. The predicted molar refractivity (Wildman–Crippen MR) is 344 cm³/mol. The summed E-state index contributed by atoms with van der Waals surface area (Å²) in [7, 11) is -5.04. The summed E-state index contributed by atoms with van der Waals surface area (Å²) in [5.74, 6) is 5.08. The maximum Gasteiger partial charge on any atom is 0.355 e. The van der Waals surface area contributed by atoms with Crippen molar-refractivity contribution in [1.82, 2.24) is 24.6 Å². The van der Waals surface area contributed by atoms with Crippen molar-refractivity contribution in [2.75, 3.05) is 51.9 Å². The number of ether oxygens (including phenoxy) is 2. The average Bonchev–Trinajstić information content (AvgIpc) is 1.90. The number of carboxylic acids is 1. The highest BCUT2D eigenvalue weighted by molar-refractivity contribution is 7.86. The Morgan fingerprint density at radius 2 is 1.54 bits per heavy atom. The first-order valence-corrected chi connectivity index (χ1v) is 37.0. The van der Waals surface area contributed by atoms with E-state index in [4.69, 9.17) is 38.3 Å². The maximum atomic E-state index is 15.2. The first-order chi connectivity index (χ1) is 40.5. The molecule has 1 N–H and O–H groups in total. The normalized spacial score (nSPS) is 12.8. The number of rotatable bonds is 27. The largest absolute Gasteiger partial charge is 0.491 e. The molecule has 1 atom stereocenters. The SMILES string of the molecule is Cc1ccc(S(=O)(=O)OCC(CCCN(c2cc(C)c(/N=c3\sc4ccccc4n3COCC[Si](C)(C)C)nn2)c2nc(C(=O)O)c(CCCOc3ccc(C#CCN(C)C)cc3F)s2)O[Si](c2ccccc2)(c2ccccc2)C(C)(C)C)cc1. The van der Waals surface area contributed by atoms with E-state index in [0.717, 1.165) is 32.2 Å². The molecule has 0 aliphatic rings. The minimum atomic E-state index is -4.23. The van der Waals surface area contributed by atoms with E-state index in [1.165, 1.54) is 40.9 Å². The number of aryl methyl sites for hydroxylation is 3. The average molecular weight is 1240 g/mol. The van der Waals surface area contributed by atoms with E-state index < -0.39 is 49.4 Å². The summed E-state index contributed by atoms with van der Waals surface area (Å²) in [6.45, 7) is 18.8. The van der Waals surface area contributed by atoms with Crippen molar-refractivity contribution in [3.63, 3.8) is 0 Å². The van der Waals surface area contributed by atoms with E-state index in [1.807, 2.05) is 92.3 Å². The van der Waals surface area contributed by atoms with Crippen LogP contribution in [-0.4, -0.2) is 114 Å². The summed E-state index contributed by atoms with van der Waals surface area (Å²) in [5, 5.41) is 22.1. The Labute approximate surface area is 509 Å². The lowest BCUT2D eigenvalue weighted by Crippen LogP contribution is -2.68. The van der Waals surface area contributed by atoms with Gasteiger partial charge in [-0.25, -0.2) is 14.2 Å². The van der Waals surface area contributed by atoms with Crippen LogP contribution in [0.25, 0.3) is 10.2 Å². The number of hydrogen-bond donors (Lipinski definition) is 1. The van der Waals surface area contributed by atoms with Crippen molar-refractivity contribution >= 4 is 92.5 Å². The zero-order valence-corrected chi connectivity index (χ0v) is 54.5. The second-order valence-electron chi connectivity index (χ2n) is 23.4. The van der Waals surface area contributed by atoms with Crippen molar-refractivity contribution in [3.05, 3.63) is 171 Å². The van der Waals surface area contributed by atoms with Crippen molar-refractivity contribution < 1.29 is 40.8 Å². The van der Waals surface area contributed by atoms with Crippen LogP contribution >= 0.6 is 22.7 Å². The zero-order chi connectivity index (χ0) is 60.9. The molecule has 5 aromatic carbocycles. The minimum absolute atomic E-state index is 0.0359. The fourth-order valence-corrected chi connectivity index (χ4v) is 18.1. The van der Waals surface area contributed by atoms with Gasteiger partial charge in [0, 0.05) is 31.7 Å². The molecule has 0 aliphatic carbocycles. The Balaban J connectivity index is 1.14. The second-order valence-corrected chi connectivity index (χ2v) is 37.0. The summed E-state index contributed by atoms with van der Waals surface area (Å²) < 4.78 is 72.0. The van der Waals surface area contributed by atoms with Gasteiger partial charge < -0.3 is 23.9 Å². The summed E-state index contributed by atoms with van der Waals surface area (Å²) in [6, 6.07) is 42.4. The molecule has 8 rings (SSSR count). The third kappa shape index (κ3) is 16.8. The first kappa shape index (κ1) is 64.3. The topological polar surface area (TPSA) is 171 Å². The fraction of sp³-hybridized carbons (Fsp3) is 0.359. The molecule has 0 saturated carbocycles. The van der Waals surface area contributed by atoms with E-state index >= 15 is 4.39 Å². The zero-order valence-electron chi connectivity index (χ0n) is 50.1. The molecule has 0 amide bonds. The molecule has 0 aliphatic heterocycles. The number of anilines is 2. The van der Waals surface area contributed by atoms with Crippen LogP contribution in [0, 0.1) is 31.5 Å². The van der Waals surface area contributed by atoms with E-state index in [1.54, 1.807) is 24.3 Å². The molecular formula is C64H76FN7O8S3Si2. The van der Waals surface area contributed by atoms with Gasteiger partial charge in [-0.1, -0.05) is 154 Å². The van der Waals surface area contributed by atoms with Crippen LogP contribution in [0.1, 0.15) is 72.1 Å². The van der Waals surface area contributed by atoms with Crippen molar-refractivity contribution in [2.45, 2.75) is 109 Å². The molecule has 15 nitrogen and oxygen atoms in total. The van der Waals surface area contributed by atoms with Gasteiger partial charge in [-0.3, -0.25) is 13.7 Å². The molecule has 21 heteroatoms. The van der Waals surface area contributed by atoms with Gasteiger partial charge in [0.25, 0.3) is 18.4 Å². The lowest BCUT2D eigenvalue weighted by molar-refractivity contribution is 0.0690. The number of aromatic carboxylic acids is 1. The number of thiazole rings is 2. The van der Waals surface area contributed by atoms with Gasteiger partial charge in [-0.15, -0.1) is 21.5 Å². The number of carboxylic acid groups (broad SMARTS) is 1. The second kappa shape index (κ2) is 28.7. The lowest BCUT2D eigenvalue weighted by atomic mass is 10.2. The summed E-state index contributed by atoms with van der Waals surface area (Å²) in [4.78, 5) is 27.9. The number of para-hydroxylation sites is 1. The molecule has 0 radical (unpaired) electrons. The van der Waals surface area contributed by atoms with Crippen molar-refractivity contribution in [2.24, 2.45) is 4.99 Å². The van der Waals surface area contributed by atoms with Gasteiger partial charge in [0.05, 0.1) is 41.0 Å². The molecule has 1 unspecified atom stereocenters. The minimum Gasteiger partial charge on any atom is -0.491 e. The third-order valence-electron chi connectivity index (χ3n) is 14.1. The highest BCUT2D eigenvalue weighted by Gasteiger charge is 2.51. The molecule has 0 spiro atoms. The number of halogens is 1. The Morgan fingerprint density at radius 1 is 0.859 bits per heavy atom. The van der Waals surface area contributed by atoms with Gasteiger partial charge in [-0.05, 0) is 129 Å². The molecule has 0 bridgehead atoms. The van der Waals surface area contributed by atoms with Gasteiger partial charge in [0.2, 0.25) is 0 Å². The first-order valence-electron chi connectivity index (χ1n) is 28.4. The van der Waals surface area contributed by atoms with Gasteiger partial charge in [0.1, 0.15) is 6.73 Å². The smallest absolute Gasteiger partial charge is 0.355 e. The fourth-order valence-electron chi connectivity index (χ4n) is 9.61. The molecule has 3 aromatic heterocycles. The number of aromatic nitrogens is 4. The van der Waals surface area contributed by atoms with Crippen molar-refractivity contribution in [1.29, 1.82) is 0 Å². The van der Waals surface area contributed by atoms with Gasteiger partial charge in [0.15, 0.2) is 38.8 Å². The number of carbonyl (C=O) groups is 1. The van der Waals surface area contributed by atoms with Crippen LogP contribution < -0.4 is 24.8 Å². The van der Waals surface area contributed by atoms with E-state index in [2.05, 4.69) is 93.2 Å². The van der Waals surface area contributed by atoms with Crippen molar-refractivity contribution in [3.8, 4) is 17.6 Å². The van der Waals surface area contributed by atoms with E-state index in [0.29, 0.717) is 76.7 Å². The summed E-state index contributed by atoms with van der Waals surface area (Å²) in [5.41, 5.74) is 3.01. The summed E-state index contributed by atoms with van der Waals surface area (Å²) >= 11 is 2.74. The van der Waals surface area contributed by atoms with Gasteiger partial charge >= 0.3 is 5.97 Å². The lowest BCUT2D eigenvalue weighted by Gasteiger charge is -2.45. The molecule has 0 fully saturated rings. The Bertz CT molecular complexity index is 3760. The Kier molecular flexibility index (Phi) is 21.7. The Morgan fingerprint density at radius 3 is 2.18 bits per heavy atom. The van der Waals surface area contributed by atoms with Crippen LogP contribution in [0.3, 0.4) is 0 Å². The summed E-state index contributed by atoms with van der Waals surface area (Å²) in [6.07, 6.45) is 0.532. The van der Waals surface area contributed by atoms with Crippen LogP contribution in [0.5, 0.6) is 5.75 Å². The molecular weight excluding hydrogens is 1170 g/mol. The number of hydrogen-bond acceptors (Lipinski definition) is 15. The molecule has 0 saturated heterocycles. The number of benzene rings is 5. The molecule has 3 heterocycles. The monoisotopic (exact) mass is 1240 g/mol. The predicted octanol–water partition coefficient (Wildman–Crippen LogP) is 12.1. The number of nitrogens with zero attached hydrogens (tertiary/aromatic N) is 7. The van der Waals surface area contributed by atoms with Crippen LogP contribution in [-0.2, 0) is 36.6 Å². The van der Waals surface area contributed by atoms with E-state index in [-0.39, 0.29) is 42.5 Å². The quantitative estimate of drug-likeness (QED) is 0.0223. The van der Waals surface area contributed by atoms with Crippen LogP contribution in [0.4, 0.5) is 21.2 Å². The highest BCUT2D eigenvalue weighted by atomic mass is 32.2. The number of fused-ring (bicyclic) bond motifs is 1. The molecule has 85 heavy (non-hydrogen) atoms. The molecule has 8 aromatic rings. The van der Waals surface area contributed by atoms with E-state index in [9.17, 15) is 18.3 Å². The Hall–Kier alpha value is -6.72. The highest BCUT2D eigenvalue weighted by Crippen LogP contribution is 2.39. The van der Waals surface area contributed by atoms with Gasteiger partial charge in [-0.2, -0.15) is 13.4 Å². The third-order valence-corrected chi connectivity index (χ3v) is 24.4.